The monoisotopic (exact) mass is 342 g/mol. The summed E-state index contributed by atoms with van der Waals surface area (Å²) in [7, 11) is 1.59. The summed E-state index contributed by atoms with van der Waals surface area (Å²) in [6.45, 7) is 3.63. The lowest BCUT2D eigenvalue weighted by atomic mass is 10.1. The Morgan fingerprint density at radius 3 is 2.35 bits per heavy atom. The predicted octanol–water partition coefficient (Wildman–Crippen LogP) is 2.87. The third-order valence-electron chi connectivity index (χ3n) is 3.03. The number of nitrogens with one attached hydrogen (secondary N) is 1. The highest BCUT2D eigenvalue weighted by Crippen LogP contribution is 2.16. The molecule has 2 amide bonds. The van der Waals surface area contributed by atoms with Crippen molar-refractivity contribution in [1.82, 2.24) is 10.2 Å². The lowest BCUT2D eigenvalue weighted by Gasteiger charge is -2.23. The fourth-order valence-corrected chi connectivity index (χ4v) is 1.97. The Morgan fingerprint density at radius 2 is 1.85 bits per heavy atom. The van der Waals surface area contributed by atoms with Crippen molar-refractivity contribution in [2.75, 3.05) is 13.6 Å². The molecule has 1 aromatic carbocycles. The molecule has 2 atom stereocenters. The number of aliphatic carboxylic acids is 1. The van der Waals surface area contributed by atoms with Crippen LogP contribution in [0.15, 0.2) is 28.7 Å². The molecule has 0 saturated heterocycles. The summed E-state index contributed by atoms with van der Waals surface area (Å²) >= 11 is 3.36. The minimum absolute atomic E-state index is 0.141. The van der Waals surface area contributed by atoms with E-state index in [2.05, 4.69) is 21.2 Å². The lowest BCUT2D eigenvalue weighted by Crippen LogP contribution is -2.41. The average Bonchev–Trinajstić information content (AvgIpc) is 2.38. The number of amides is 2. The van der Waals surface area contributed by atoms with Crippen LogP contribution in [0, 0.1) is 5.92 Å². The van der Waals surface area contributed by atoms with Gasteiger partial charge in [-0.15, -0.1) is 0 Å². The van der Waals surface area contributed by atoms with Gasteiger partial charge in [-0.2, -0.15) is 0 Å². The summed E-state index contributed by atoms with van der Waals surface area (Å²) in [4.78, 5) is 24.1. The first-order chi connectivity index (χ1) is 9.31. The Bertz CT molecular complexity index is 476. The van der Waals surface area contributed by atoms with Crippen molar-refractivity contribution in [3.05, 3.63) is 34.3 Å². The SMILES string of the molecule is CC(CN(C)C(=O)N[C@H](C)c1ccc(Br)cc1)C(=O)O. The van der Waals surface area contributed by atoms with Gasteiger partial charge >= 0.3 is 12.0 Å². The molecule has 0 aliphatic rings. The van der Waals surface area contributed by atoms with E-state index in [-0.39, 0.29) is 18.6 Å². The largest absolute Gasteiger partial charge is 0.481 e. The zero-order valence-corrected chi connectivity index (χ0v) is 13.3. The van der Waals surface area contributed by atoms with Gasteiger partial charge < -0.3 is 15.3 Å². The van der Waals surface area contributed by atoms with Crippen LogP contribution in [0.25, 0.3) is 0 Å². The number of hydrogen-bond acceptors (Lipinski definition) is 2. The first-order valence-corrected chi connectivity index (χ1v) is 7.10. The second-order valence-electron chi connectivity index (χ2n) is 4.84. The highest BCUT2D eigenvalue weighted by molar-refractivity contribution is 9.10. The lowest BCUT2D eigenvalue weighted by molar-refractivity contribution is -0.141. The number of nitrogens with zero attached hydrogens (tertiary/aromatic N) is 1. The van der Waals surface area contributed by atoms with E-state index in [4.69, 9.17) is 5.11 Å². The van der Waals surface area contributed by atoms with Crippen molar-refractivity contribution in [3.63, 3.8) is 0 Å². The zero-order valence-electron chi connectivity index (χ0n) is 11.8. The Kier molecular flexibility index (Phi) is 6.01. The summed E-state index contributed by atoms with van der Waals surface area (Å²) in [6.07, 6.45) is 0. The van der Waals surface area contributed by atoms with E-state index in [1.54, 1.807) is 14.0 Å². The quantitative estimate of drug-likeness (QED) is 0.864. The van der Waals surface area contributed by atoms with Crippen LogP contribution >= 0.6 is 15.9 Å². The molecule has 0 radical (unpaired) electrons. The van der Waals surface area contributed by atoms with Crippen LogP contribution in [0.5, 0.6) is 0 Å². The molecule has 2 N–H and O–H groups in total. The maximum atomic E-state index is 12.0. The first-order valence-electron chi connectivity index (χ1n) is 6.31. The van der Waals surface area contributed by atoms with Gasteiger partial charge in [0.15, 0.2) is 0 Å². The van der Waals surface area contributed by atoms with Gasteiger partial charge in [-0.25, -0.2) is 4.79 Å². The maximum absolute atomic E-state index is 12.0. The van der Waals surface area contributed by atoms with Crippen molar-refractivity contribution in [2.45, 2.75) is 19.9 Å². The first kappa shape index (κ1) is 16.5. The van der Waals surface area contributed by atoms with E-state index in [0.717, 1.165) is 10.0 Å². The molecule has 0 fully saturated rings. The van der Waals surface area contributed by atoms with E-state index in [1.807, 2.05) is 31.2 Å². The molecule has 0 aliphatic carbocycles. The number of rotatable bonds is 5. The molecule has 0 spiro atoms. The van der Waals surface area contributed by atoms with Crippen LogP contribution in [0.1, 0.15) is 25.5 Å². The Balaban J connectivity index is 2.56. The Labute approximate surface area is 127 Å². The molecule has 1 aromatic rings. The molecule has 5 nitrogen and oxygen atoms in total. The van der Waals surface area contributed by atoms with Gasteiger partial charge in [0, 0.05) is 18.1 Å². The van der Waals surface area contributed by atoms with Crippen LogP contribution in [0.2, 0.25) is 0 Å². The van der Waals surface area contributed by atoms with Gasteiger partial charge in [0.1, 0.15) is 0 Å². The highest BCUT2D eigenvalue weighted by Gasteiger charge is 2.18. The molecule has 0 heterocycles. The molecular weight excluding hydrogens is 324 g/mol. The molecule has 6 heteroatoms. The van der Waals surface area contributed by atoms with Crippen LogP contribution < -0.4 is 5.32 Å². The molecule has 20 heavy (non-hydrogen) atoms. The van der Waals surface area contributed by atoms with Crippen molar-refractivity contribution in [1.29, 1.82) is 0 Å². The van der Waals surface area contributed by atoms with E-state index in [0.29, 0.717) is 0 Å². The molecule has 0 bridgehead atoms. The van der Waals surface area contributed by atoms with Gasteiger partial charge in [0.25, 0.3) is 0 Å². The minimum atomic E-state index is -0.911. The zero-order chi connectivity index (χ0) is 15.3. The number of halogens is 1. The summed E-state index contributed by atoms with van der Waals surface area (Å²) < 4.78 is 0.979. The minimum Gasteiger partial charge on any atom is -0.481 e. The number of carbonyl (C=O) groups is 2. The number of benzene rings is 1. The van der Waals surface area contributed by atoms with Crippen LogP contribution in [-0.4, -0.2) is 35.6 Å². The standard InChI is InChI=1S/C14H19BrN2O3/c1-9(13(18)19)8-17(3)14(20)16-10(2)11-4-6-12(15)7-5-11/h4-7,9-10H,8H2,1-3H3,(H,16,20)(H,18,19)/t9?,10-/m1/s1. The van der Waals surface area contributed by atoms with Gasteiger partial charge in [0.2, 0.25) is 0 Å². The van der Waals surface area contributed by atoms with Gasteiger partial charge in [-0.1, -0.05) is 35.0 Å². The van der Waals surface area contributed by atoms with Crippen molar-refractivity contribution in [3.8, 4) is 0 Å². The van der Waals surface area contributed by atoms with Gasteiger partial charge in [0.05, 0.1) is 12.0 Å². The number of carboxylic acid groups (broad SMARTS) is 1. The highest BCUT2D eigenvalue weighted by atomic mass is 79.9. The molecule has 110 valence electrons. The smallest absolute Gasteiger partial charge is 0.317 e. The second kappa shape index (κ2) is 7.28. The van der Waals surface area contributed by atoms with Crippen LogP contribution in [0.4, 0.5) is 4.79 Å². The number of urea groups is 1. The Morgan fingerprint density at radius 1 is 1.30 bits per heavy atom. The van der Waals surface area contributed by atoms with Crippen LogP contribution in [0.3, 0.4) is 0 Å². The van der Waals surface area contributed by atoms with Gasteiger partial charge in [-0.3, -0.25) is 4.79 Å². The summed E-state index contributed by atoms with van der Waals surface area (Å²) in [5, 5.41) is 11.7. The normalized spacial score (nSPS) is 13.4. The number of carboxylic acids is 1. The molecular formula is C14H19BrN2O3. The molecule has 1 unspecified atom stereocenters. The van der Waals surface area contributed by atoms with E-state index in [1.165, 1.54) is 4.90 Å². The fraction of sp³-hybridized carbons (Fsp3) is 0.429. The third-order valence-corrected chi connectivity index (χ3v) is 3.55. The van der Waals surface area contributed by atoms with E-state index >= 15 is 0 Å². The van der Waals surface area contributed by atoms with Crippen molar-refractivity contribution in [2.24, 2.45) is 5.92 Å². The average molecular weight is 343 g/mol. The third kappa shape index (κ3) is 4.85. The molecule has 0 aromatic heterocycles. The number of carbonyl (C=O) groups excluding carboxylic acids is 1. The molecule has 1 rings (SSSR count). The van der Waals surface area contributed by atoms with E-state index < -0.39 is 11.9 Å². The summed E-state index contributed by atoms with van der Waals surface area (Å²) in [6, 6.07) is 7.25. The Hall–Kier alpha value is -1.56. The van der Waals surface area contributed by atoms with Crippen molar-refractivity contribution >= 4 is 27.9 Å². The van der Waals surface area contributed by atoms with Crippen LogP contribution in [-0.2, 0) is 4.79 Å². The fourth-order valence-electron chi connectivity index (χ4n) is 1.70. The van der Waals surface area contributed by atoms with Gasteiger partial charge in [-0.05, 0) is 24.6 Å². The molecule has 0 saturated carbocycles. The number of hydrogen-bond donors (Lipinski definition) is 2. The molecule has 0 aliphatic heterocycles. The summed E-state index contributed by atoms with van der Waals surface area (Å²) in [5.41, 5.74) is 0.987. The maximum Gasteiger partial charge on any atom is 0.317 e. The predicted molar refractivity (Wildman–Crippen MR) is 80.5 cm³/mol. The van der Waals surface area contributed by atoms with Crippen molar-refractivity contribution < 1.29 is 14.7 Å². The van der Waals surface area contributed by atoms with E-state index in [9.17, 15) is 9.59 Å². The topological polar surface area (TPSA) is 69.6 Å². The summed E-state index contributed by atoms with van der Waals surface area (Å²) in [5.74, 6) is -1.50. The second-order valence-corrected chi connectivity index (χ2v) is 5.76.